The molecule has 0 saturated carbocycles. The highest BCUT2D eigenvalue weighted by Crippen LogP contribution is 2.23. The van der Waals surface area contributed by atoms with E-state index in [-0.39, 0.29) is 5.91 Å². The van der Waals surface area contributed by atoms with E-state index in [4.69, 9.17) is 16.3 Å². The molecule has 0 radical (unpaired) electrons. The third kappa shape index (κ3) is 3.24. The minimum absolute atomic E-state index is 0.0953. The molecule has 0 aromatic heterocycles. The molecule has 2 aromatic carbocycles. The molecule has 1 amide bonds. The maximum atomic E-state index is 12.5. The molecule has 20 heavy (non-hydrogen) atoms. The second-order valence-corrected chi connectivity index (χ2v) is 5.78. The first kappa shape index (κ1) is 15.1. The summed E-state index contributed by atoms with van der Waals surface area (Å²) in [5.41, 5.74) is 1.39. The Hall–Kier alpha value is -1.27. The summed E-state index contributed by atoms with van der Waals surface area (Å²) in [6, 6.07) is 12.6. The fourth-order valence-electron chi connectivity index (χ4n) is 1.77. The van der Waals surface area contributed by atoms with Gasteiger partial charge in [-0.25, -0.2) is 0 Å². The van der Waals surface area contributed by atoms with Crippen molar-refractivity contribution in [2.24, 2.45) is 0 Å². The van der Waals surface area contributed by atoms with Crippen molar-refractivity contribution < 1.29 is 9.53 Å². The van der Waals surface area contributed by atoms with E-state index in [0.29, 0.717) is 10.6 Å². The Bertz CT molecular complexity index is 628. The molecular weight excluding hydrogens is 389 g/mol. The standard InChI is InChI=1S/C15H13ClINO2/c1-18(11-4-6-12(20-2)7-5-11)15(19)13-9-10(16)3-8-14(13)17/h3-9H,1-2H3. The van der Waals surface area contributed by atoms with Crippen LogP contribution in [0.15, 0.2) is 42.5 Å². The Morgan fingerprint density at radius 2 is 1.85 bits per heavy atom. The average Bonchev–Trinajstić information content (AvgIpc) is 2.48. The molecule has 0 aliphatic heterocycles. The maximum Gasteiger partial charge on any atom is 0.259 e. The summed E-state index contributed by atoms with van der Waals surface area (Å²) < 4.78 is 5.98. The van der Waals surface area contributed by atoms with Gasteiger partial charge in [0.2, 0.25) is 0 Å². The summed E-state index contributed by atoms with van der Waals surface area (Å²) in [6.45, 7) is 0. The molecule has 0 bridgehead atoms. The van der Waals surface area contributed by atoms with Crippen LogP contribution in [0.2, 0.25) is 5.02 Å². The number of benzene rings is 2. The number of anilines is 1. The van der Waals surface area contributed by atoms with Crippen LogP contribution in [0, 0.1) is 3.57 Å². The first-order chi connectivity index (χ1) is 9.52. The number of halogens is 2. The normalized spacial score (nSPS) is 10.2. The molecule has 0 saturated heterocycles. The molecule has 5 heteroatoms. The van der Waals surface area contributed by atoms with E-state index in [1.165, 1.54) is 0 Å². The predicted octanol–water partition coefficient (Wildman–Crippen LogP) is 4.23. The zero-order valence-electron chi connectivity index (χ0n) is 11.1. The lowest BCUT2D eigenvalue weighted by atomic mass is 10.2. The van der Waals surface area contributed by atoms with Crippen molar-refractivity contribution in [3.8, 4) is 5.75 Å². The number of hydrogen-bond donors (Lipinski definition) is 0. The third-order valence-corrected chi connectivity index (χ3v) is 4.10. The van der Waals surface area contributed by atoms with Gasteiger partial charge in [-0.1, -0.05) is 11.6 Å². The smallest absolute Gasteiger partial charge is 0.259 e. The quantitative estimate of drug-likeness (QED) is 0.721. The molecule has 0 spiro atoms. The highest BCUT2D eigenvalue weighted by Gasteiger charge is 2.16. The van der Waals surface area contributed by atoms with Crippen molar-refractivity contribution in [1.29, 1.82) is 0 Å². The second-order valence-electron chi connectivity index (χ2n) is 4.19. The van der Waals surface area contributed by atoms with Gasteiger partial charge in [-0.3, -0.25) is 4.79 Å². The average molecular weight is 402 g/mol. The summed E-state index contributed by atoms with van der Waals surface area (Å²) in [6.07, 6.45) is 0. The molecule has 3 nitrogen and oxygen atoms in total. The van der Waals surface area contributed by atoms with Gasteiger partial charge >= 0.3 is 0 Å². The third-order valence-electron chi connectivity index (χ3n) is 2.92. The van der Waals surface area contributed by atoms with Gasteiger partial charge in [0.15, 0.2) is 0 Å². The number of hydrogen-bond acceptors (Lipinski definition) is 2. The van der Waals surface area contributed by atoms with E-state index >= 15 is 0 Å². The lowest BCUT2D eigenvalue weighted by molar-refractivity contribution is 0.0992. The van der Waals surface area contributed by atoms with Crippen molar-refractivity contribution >= 4 is 45.8 Å². The van der Waals surface area contributed by atoms with Crippen molar-refractivity contribution in [2.45, 2.75) is 0 Å². The summed E-state index contributed by atoms with van der Waals surface area (Å²) >= 11 is 8.09. The Balaban J connectivity index is 2.29. The molecule has 0 aliphatic carbocycles. The molecule has 0 atom stereocenters. The molecule has 0 fully saturated rings. The van der Waals surface area contributed by atoms with Gasteiger partial charge in [0.25, 0.3) is 5.91 Å². The van der Waals surface area contributed by atoms with E-state index in [2.05, 4.69) is 22.6 Å². The Morgan fingerprint density at radius 3 is 2.45 bits per heavy atom. The van der Waals surface area contributed by atoms with Crippen LogP contribution in [0.3, 0.4) is 0 Å². The maximum absolute atomic E-state index is 12.5. The Kier molecular flexibility index (Phi) is 4.88. The molecule has 104 valence electrons. The van der Waals surface area contributed by atoms with E-state index in [9.17, 15) is 4.79 Å². The topological polar surface area (TPSA) is 29.5 Å². The van der Waals surface area contributed by atoms with Gasteiger partial charge in [0.05, 0.1) is 12.7 Å². The fourth-order valence-corrected chi connectivity index (χ4v) is 2.50. The summed E-state index contributed by atoms with van der Waals surface area (Å²) in [5.74, 6) is 0.661. The van der Waals surface area contributed by atoms with Crippen molar-refractivity contribution in [3.63, 3.8) is 0 Å². The second kappa shape index (κ2) is 6.45. The number of amides is 1. The van der Waals surface area contributed by atoms with Crippen LogP contribution in [0.25, 0.3) is 0 Å². The number of carbonyl (C=O) groups is 1. The van der Waals surface area contributed by atoms with E-state index < -0.39 is 0 Å². The van der Waals surface area contributed by atoms with Gasteiger partial charge in [-0.05, 0) is 65.1 Å². The van der Waals surface area contributed by atoms with Gasteiger partial charge in [-0.2, -0.15) is 0 Å². The Labute approximate surface area is 136 Å². The van der Waals surface area contributed by atoms with E-state index in [1.54, 1.807) is 31.2 Å². The lowest BCUT2D eigenvalue weighted by Gasteiger charge is -2.18. The van der Waals surface area contributed by atoms with Gasteiger partial charge in [0, 0.05) is 21.3 Å². The van der Waals surface area contributed by atoms with Crippen LogP contribution in [0.1, 0.15) is 10.4 Å². The number of rotatable bonds is 3. The van der Waals surface area contributed by atoms with E-state index in [1.807, 2.05) is 30.3 Å². The van der Waals surface area contributed by atoms with Crippen molar-refractivity contribution in [3.05, 3.63) is 56.6 Å². The highest BCUT2D eigenvalue weighted by molar-refractivity contribution is 14.1. The highest BCUT2D eigenvalue weighted by atomic mass is 127. The summed E-state index contributed by atoms with van der Waals surface area (Å²) in [7, 11) is 3.35. The Morgan fingerprint density at radius 1 is 1.20 bits per heavy atom. The number of nitrogens with zero attached hydrogens (tertiary/aromatic N) is 1. The molecule has 0 unspecified atom stereocenters. The molecule has 0 heterocycles. The van der Waals surface area contributed by atoms with Gasteiger partial charge in [0.1, 0.15) is 5.75 Å². The zero-order chi connectivity index (χ0) is 14.7. The number of ether oxygens (including phenoxy) is 1. The first-order valence-electron chi connectivity index (χ1n) is 5.90. The predicted molar refractivity (Wildman–Crippen MR) is 89.9 cm³/mol. The van der Waals surface area contributed by atoms with Crippen LogP contribution in [0.5, 0.6) is 5.75 Å². The minimum atomic E-state index is -0.0953. The van der Waals surface area contributed by atoms with Crippen LogP contribution >= 0.6 is 34.2 Å². The minimum Gasteiger partial charge on any atom is -0.497 e. The van der Waals surface area contributed by atoms with Crippen molar-refractivity contribution in [1.82, 2.24) is 0 Å². The summed E-state index contributed by atoms with van der Waals surface area (Å²) in [5, 5.41) is 0.553. The van der Waals surface area contributed by atoms with E-state index in [0.717, 1.165) is 15.0 Å². The van der Waals surface area contributed by atoms with Crippen LogP contribution in [0.4, 0.5) is 5.69 Å². The molecule has 2 aromatic rings. The van der Waals surface area contributed by atoms with Crippen LogP contribution < -0.4 is 9.64 Å². The molecule has 2 rings (SSSR count). The van der Waals surface area contributed by atoms with Gasteiger partial charge < -0.3 is 9.64 Å². The number of methoxy groups -OCH3 is 1. The molecule has 0 N–H and O–H groups in total. The van der Waals surface area contributed by atoms with Crippen molar-refractivity contribution in [2.75, 3.05) is 19.1 Å². The summed E-state index contributed by atoms with van der Waals surface area (Å²) in [4.78, 5) is 14.1. The largest absolute Gasteiger partial charge is 0.497 e. The first-order valence-corrected chi connectivity index (χ1v) is 7.36. The molecular formula is C15H13ClINO2. The fraction of sp³-hybridized carbons (Fsp3) is 0.133. The van der Waals surface area contributed by atoms with Crippen LogP contribution in [-0.2, 0) is 0 Å². The lowest BCUT2D eigenvalue weighted by Crippen LogP contribution is -2.26. The van der Waals surface area contributed by atoms with Gasteiger partial charge in [-0.15, -0.1) is 0 Å². The zero-order valence-corrected chi connectivity index (χ0v) is 14.0. The number of carbonyl (C=O) groups excluding carboxylic acids is 1. The monoisotopic (exact) mass is 401 g/mol. The molecule has 0 aliphatic rings. The SMILES string of the molecule is COc1ccc(N(C)C(=O)c2cc(Cl)ccc2I)cc1. The van der Waals surface area contributed by atoms with Crippen LogP contribution in [-0.4, -0.2) is 20.1 Å².